The van der Waals surface area contributed by atoms with Crippen molar-refractivity contribution in [3.8, 4) is 17.5 Å². The Kier molecular flexibility index (Phi) is 4.64. The molecule has 0 bridgehead atoms. The molecule has 1 aliphatic rings. The number of nitrogens with zero attached hydrogens (tertiary/aromatic N) is 2. The third-order valence-corrected chi connectivity index (χ3v) is 4.85. The molecule has 7 nitrogen and oxygen atoms in total. The van der Waals surface area contributed by atoms with Crippen molar-refractivity contribution in [3.05, 3.63) is 53.6 Å². The van der Waals surface area contributed by atoms with Crippen LogP contribution in [0.15, 0.2) is 42.5 Å². The molecule has 1 saturated heterocycles. The molecule has 1 aliphatic heterocycles. The van der Waals surface area contributed by atoms with E-state index in [0.717, 1.165) is 16.6 Å². The molecule has 1 aromatic heterocycles. The Morgan fingerprint density at radius 1 is 1.22 bits per heavy atom. The topological polar surface area (TPSA) is 122 Å². The Morgan fingerprint density at radius 2 is 2.07 bits per heavy atom. The van der Waals surface area contributed by atoms with Crippen LogP contribution in [0.3, 0.4) is 0 Å². The molecule has 0 unspecified atom stereocenters. The van der Waals surface area contributed by atoms with Crippen LogP contribution in [0.2, 0.25) is 0 Å². The molecular formula is C20H19N3O4. The van der Waals surface area contributed by atoms with E-state index >= 15 is 0 Å². The second-order valence-electron chi connectivity index (χ2n) is 6.71. The van der Waals surface area contributed by atoms with E-state index in [4.69, 9.17) is 10.00 Å². The van der Waals surface area contributed by atoms with Crippen molar-refractivity contribution < 1.29 is 20.1 Å². The summed E-state index contributed by atoms with van der Waals surface area (Å²) in [5.41, 5.74) is 3.54. The number of aliphatic hydroxyl groups is 3. The SMILES string of the molecule is N#Cc1ccc2nc(-c3cccc([C@H]4O[C@H](CO)C[C@H](O)[C@@H]4O)c3)[nH]c2c1. The minimum absolute atomic E-state index is 0.193. The van der Waals surface area contributed by atoms with Crippen LogP contribution in [0.4, 0.5) is 0 Å². The average Bonchev–Trinajstić information content (AvgIpc) is 3.13. The number of rotatable bonds is 3. The second kappa shape index (κ2) is 7.10. The summed E-state index contributed by atoms with van der Waals surface area (Å²) in [6.45, 7) is -0.217. The second-order valence-corrected chi connectivity index (χ2v) is 6.71. The summed E-state index contributed by atoms with van der Waals surface area (Å²) in [7, 11) is 0. The highest BCUT2D eigenvalue weighted by Gasteiger charge is 2.37. The van der Waals surface area contributed by atoms with Crippen LogP contribution < -0.4 is 0 Å². The van der Waals surface area contributed by atoms with Crippen molar-refractivity contribution in [2.75, 3.05) is 6.61 Å². The Hall–Kier alpha value is -2.76. The van der Waals surface area contributed by atoms with E-state index in [1.165, 1.54) is 0 Å². The van der Waals surface area contributed by atoms with Crippen LogP contribution in [0, 0.1) is 11.3 Å². The van der Waals surface area contributed by atoms with E-state index < -0.39 is 24.4 Å². The molecule has 0 amide bonds. The third kappa shape index (κ3) is 3.31. The molecule has 3 aromatic rings. The van der Waals surface area contributed by atoms with E-state index in [1.807, 2.05) is 18.2 Å². The first-order valence-electron chi connectivity index (χ1n) is 8.71. The standard InChI is InChI=1S/C20H19N3O4/c21-9-11-4-5-15-16(6-11)23-20(22-15)13-3-1-2-12(7-13)19-18(26)17(25)8-14(10-24)27-19/h1-7,14,17-19,24-26H,8,10H2,(H,22,23)/t14-,17-,18-,19+/m0/s1. The highest BCUT2D eigenvalue weighted by atomic mass is 16.5. The molecule has 27 heavy (non-hydrogen) atoms. The Morgan fingerprint density at radius 3 is 2.85 bits per heavy atom. The molecule has 0 spiro atoms. The predicted octanol–water partition coefficient (Wildman–Crippen LogP) is 1.65. The summed E-state index contributed by atoms with van der Waals surface area (Å²) in [6.07, 6.45) is -3.09. The highest BCUT2D eigenvalue weighted by Crippen LogP contribution is 2.33. The fourth-order valence-corrected chi connectivity index (χ4v) is 3.43. The van der Waals surface area contributed by atoms with Gasteiger partial charge in [-0.1, -0.05) is 18.2 Å². The van der Waals surface area contributed by atoms with Gasteiger partial charge in [0.25, 0.3) is 0 Å². The smallest absolute Gasteiger partial charge is 0.138 e. The minimum atomic E-state index is -1.07. The number of hydrogen-bond donors (Lipinski definition) is 4. The first-order valence-corrected chi connectivity index (χ1v) is 8.71. The van der Waals surface area contributed by atoms with Crippen molar-refractivity contribution >= 4 is 11.0 Å². The monoisotopic (exact) mass is 365 g/mol. The molecule has 4 N–H and O–H groups in total. The summed E-state index contributed by atoms with van der Waals surface area (Å²) < 4.78 is 5.76. The number of aliphatic hydroxyl groups excluding tert-OH is 3. The number of H-pyrrole nitrogens is 1. The van der Waals surface area contributed by atoms with Gasteiger partial charge in [0.05, 0.1) is 41.5 Å². The van der Waals surface area contributed by atoms with Gasteiger partial charge in [-0.05, 0) is 29.8 Å². The van der Waals surface area contributed by atoms with Gasteiger partial charge in [0, 0.05) is 12.0 Å². The zero-order valence-electron chi connectivity index (χ0n) is 14.4. The van der Waals surface area contributed by atoms with Gasteiger partial charge < -0.3 is 25.0 Å². The molecule has 4 rings (SSSR count). The molecule has 0 saturated carbocycles. The van der Waals surface area contributed by atoms with Crippen molar-refractivity contribution in [2.45, 2.75) is 30.8 Å². The van der Waals surface area contributed by atoms with Crippen LogP contribution in [0.5, 0.6) is 0 Å². The zero-order chi connectivity index (χ0) is 19.0. The largest absolute Gasteiger partial charge is 0.394 e. The quantitative estimate of drug-likeness (QED) is 0.560. The fraction of sp³-hybridized carbons (Fsp3) is 0.300. The highest BCUT2D eigenvalue weighted by molar-refractivity contribution is 5.80. The molecular weight excluding hydrogens is 346 g/mol. The van der Waals surface area contributed by atoms with Gasteiger partial charge in [0.15, 0.2) is 0 Å². The van der Waals surface area contributed by atoms with Crippen molar-refractivity contribution in [2.24, 2.45) is 0 Å². The number of hydrogen-bond acceptors (Lipinski definition) is 6. The first kappa shape index (κ1) is 17.6. The maximum Gasteiger partial charge on any atom is 0.138 e. The van der Waals surface area contributed by atoms with E-state index in [1.54, 1.807) is 24.3 Å². The number of fused-ring (bicyclic) bond motifs is 1. The van der Waals surface area contributed by atoms with E-state index in [0.29, 0.717) is 17.0 Å². The lowest BCUT2D eigenvalue weighted by molar-refractivity contribution is -0.179. The summed E-state index contributed by atoms with van der Waals surface area (Å²) in [4.78, 5) is 7.75. The summed E-state index contributed by atoms with van der Waals surface area (Å²) >= 11 is 0. The lowest BCUT2D eigenvalue weighted by Crippen LogP contribution is -2.44. The normalized spacial score (nSPS) is 25.4. The van der Waals surface area contributed by atoms with E-state index in [2.05, 4.69) is 16.0 Å². The Balaban J connectivity index is 1.69. The average molecular weight is 365 g/mol. The number of ether oxygens (including phenoxy) is 1. The third-order valence-electron chi connectivity index (χ3n) is 4.85. The van der Waals surface area contributed by atoms with Crippen LogP contribution in [-0.2, 0) is 4.74 Å². The number of benzene rings is 2. The number of aromatic nitrogens is 2. The van der Waals surface area contributed by atoms with Gasteiger partial charge in [-0.15, -0.1) is 0 Å². The predicted molar refractivity (Wildman–Crippen MR) is 97.6 cm³/mol. The van der Waals surface area contributed by atoms with Gasteiger partial charge in [-0.2, -0.15) is 5.26 Å². The minimum Gasteiger partial charge on any atom is -0.394 e. The number of imidazole rings is 1. The molecule has 138 valence electrons. The summed E-state index contributed by atoms with van der Waals surface area (Å²) in [5.74, 6) is 0.631. The van der Waals surface area contributed by atoms with Gasteiger partial charge >= 0.3 is 0 Å². The summed E-state index contributed by atoms with van der Waals surface area (Å²) in [6, 6.07) is 14.7. The maximum atomic E-state index is 10.3. The van der Waals surface area contributed by atoms with Crippen LogP contribution >= 0.6 is 0 Å². The fourth-order valence-electron chi connectivity index (χ4n) is 3.43. The first-order chi connectivity index (χ1) is 13.1. The van der Waals surface area contributed by atoms with E-state index in [-0.39, 0.29) is 13.0 Å². The Labute approximate surface area is 155 Å². The van der Waals surface area contributed by atoms with Gasteiger partial charge in [0.2, 0.25) is 0 Å². The van der Waals surface area contributed by atoms with Crippen LogP contribution in [0.25, 0.3) is 22.4 Å². The van der Waals surface area contributed by atoms with Gasteiger partial charge in [-0.25, -0.2) is 4.98 Å². The van der Waals surface area contributed by atoms with Gasteiger partial charge in [0.1, 0.15) is 18.0 Å². The molecule has 1 fully saturated rings. The van der Waals surface area contributed by atoms with Crippen molar-refractivity contribution in [3.63, 3.8) is 0 Å². The molecule has 0 aliphatic carbocycles. The zero-order valence-corrected chi connectivity index (χ0v) is 14.4. The molecule has 2 heterocycles. The number of aromatic amines is 1. The number of nitrogens with one attached hydrogen (secondary N) is 1. The van der Waals surface area contributed by atoms with E-state index in [9.17, 15) is 15.3 Å². The van der Waals surface area contributed by atoms with Crippen molar-refractivity contribution in [1.29, 1.82) is 5.26 Å². The lowest BCUT2D eigenvalue weighted by Gasteiger charge is -2.36. The molecule has 4 atom stereocenters. The molecule has 7 heteroatoms. The summed E-state index contributed by atoms with van der Waals surface area (Å²) in [5, 5.41) is 38.8. The number of nitriles is 1. The lowest BCUT2D eigenvalue weighted by atomic mass is 9.92. The van der Waals surface area contributed by atoms with Crippen LogP contribution in [0.1, 0.15) is 23.7 Å². The Bertz CT molecular complexity index is 1010. The molecule has 2 aromatic carbocycles. The van der Waals surface area contributed by atoms with Crippen LogP contribution in [-0.4, -0.2) is 50.2 Å². The van der Waals surface area contributed by atoms with Crippen molar-refractivity contribution in [1.82, 2.24) is 9.97 Å². The van der Waals surface area contributed by atoms with Gasteiger partial charge in [-0.3, -0.25) is 0 Å². The maximum absolute atomic E-state index is 10.3. The molecule has 0 radical (unpaired) electrons.